The largest absolute Gasteiger partial charge is 1.00 e. The van der Waals surface area contributed by atoms with Gasteiger partial charge in [-0.25, -0.2) is 0 Å². The summed E-state index contributed by atoms with van der Waals surface area (Å²) >= 11 is 0. The second kappa shape index (κ2) is 290. The van der Waals surface area contributed by atoms with Crippen LogP contribution in [0.25, 0.3) is 0 Å². The van der Waals surface area contributed by atoms with Crippen LogP contribution in [0.5, 0.6) is 0 Å². The van der Waals surface area contributed by atoms with Crippen LogP contribution in [0.4, 0.5) is 0 Å². The molecule has 0 atom stereocenters. The monoisotopic (exact) mass is 201 g/mol. The van der Waals surface area contributed by atoms with Crippen molar-refractivity contribution in [1.82, 2.24) is 0 Å². The first-order chi connectivity index (χ1) is 0. The smallest absolute Gasteiger partial charge is 0 e. The minimum atomic E-state index is 0. The van der Waals surface area contributed by atoms with E-state index in [9.17, 15) is 0 Å². The van der Waals surface area contributed by atoms with Gasteiger partial charge in [-0.2, -0.15) is 0 Å². The normalized spacial score (nSPS) is 0. The molecule has 7 heavy (non-hydrogen) atoms. The molecule has 9 N–H and O–H groups in total. The van der Waals surface area contributed by atoms with E-state index in [0.717, 1.165) is 0 Å². The molecule has 0 aliphatic heterocycles. The van der Waals surface area contributed by atoms with Gasteiger partial charge in [-0.15, -0.1) is 0 Å². The summed E-state index contributed by atoms with van der Waals surface area (Å²) in [6.07, 6.45) is 0. The maximum atomic E-state index is 0. The van der Waals surface area contributed by atoms with Crippen molar-refractivity contribution in [2.24, 2.45) is 0 Å². The molecule has 0 rings (SSSR count). The van der Waals surface area contributed by atoms with Gasteiger partial charge in [-0.1, -0.05) is 0 Å². The third-order valence-corrected chi connectivity index (χ3v) is 0. The number of rotatable bonds is 0. The zero-order chi connectivity index (χ0) is 0. The quantitative estimate of drug-likeness (QED) is 0.273. The predicted molar refractivity (Wildman–Crippen MR) is 15.7 cm³/mol. The van der Waals surface area contributed by atoms with Crippen molar-refractivity contribution in [3.05, 3.63) is 0 Å². The number of hydrogen-bond donors (Lipinski definition) is 0. The predicted octanol–water partition coefficient (Wildman–Crippen LogP) is -9.39. The van der Waals surface area contributed by atoms with Gasteiger partial charge in [0.25, 0.3) is 0 Å². The molecule has 0 bridgehead atoms. The maximum Gasteiger partial charge on any atom is 0 e. The minimum absolute atomic E-state index is 0. The third kappa shape index (κ3) is 200. The first-order valence-electron chi connectivity index (χ1n) is 0. The molecule has 0 aliphatic rings. The third-order valence-electron chi connectivity index (χ3n) is 0. The fourth-order valence-corrected chi connectivity index (χ4v) is 0. The van der Waals surface area contributed by atoms with Crippen LogP contribution >= 0.6 is 0 Å². The molecular weight excluding hydrogens is 194 g/mol. The van der Waals surface area contributed by atoms with Gasteiger partial charge < -0.3 is 46.7 Å². The van der Waals surface area contributed by atoms with Gasteiger partial charge in [-0.05, 0) is 0 Å². The van der Waals surface area contributed by atoms with Crippen molar-refractivity contribution >= 4 is 0 Å². The fraction of sp³-hybridized carbons (Fsp3) is 0. The van der Waals surface area contributed by atoms with Gasteiger partial charge in [0.05, 0.1) is 0 Å². The summed E-state index contributed by atoms with van der Waals surface area (Å²) in [7, 11) is 0. The van der Waals surface area contributed by atoms with Gasteiger partial charge in [0.1, 0.15) is 0 Å². The summed E-state index contributed by atoms with van der Waals surface area (Å²) in [6.45, 7) is 0. The van der Waals surface area contributed by atoms with E-state index in [2.05, 4.69) is 0 Å². The van der Waals surface area contributed by atoms with Crippen molar-refractivity contribution in [3.63, 3.8) is 0 Å². The molecule has 0 aliphatic carbocycles. The summed E-state index contributed by atoms with van der Waals surface area (Å²) in [5.41, 5.74) is 0. The van der Waals surface area contributed by atoms with Gasteiger partial charge in [0.15, 0.2) is 0 Å². The topological polar surface area (TPSA) is 128 Å². The number of halogens is 2. The molecule has 58 valence electrons. The van der Waals surface area contributed by atoms with Crippen LogP contribution in [0.15, 0.2) is 0 Å². The van der Waals surface area contributed by atoms with E-state index in [1.54, 1.807) is 0 Å². The summed E-state index contributed by atoms with van der Waals surface area (Å²) < 4.78 is 0. The van der Waals surface area contributed by atoms with Gasteiger partial charge >= 0.3 is 0 Å². The maximum absolute atomic E-state index is 0. The zero-order valence-corrected chi connectivity index (χ0v) is 5.65. The average molecular weight is 203 g/mol. The van der Waals surface area contributed by atoms with E-state index in [-0.39, 0.29) is 63.2 Å². The Morgan fingerprint density at radius 2 is 0.571 bits per heavy atom. The summed E-state index contributed by atoms with van der Waals surface area (Å²) in [4.78, 5) is 0. The van der Waals surface area contributed by atoms with E-state index >= 15 is 0 Å². The molecule has 7 heteroatoms. The Hall–Kier alpha value is 0.914. The van der Waals surface area contributed by atoms with Crippen molar-refractivity contribution in [2.45, 2.75) is 0 Å². The van der Waals surface area contributed by atoms with Gasteiger partial charge in [0, 0.05) is 16.5 Å². The summed E-state index contributed by atoms with van der Waals surface area (Å²) in [6, 6.07) is 0. The van der Waals surface area contributed by atoms with E-state index in [0.29, 0.717) is 0 Å². The van der Waals surface area contributed by atoms with Crippen molar-refractivity contribution in [1.29, 1.82) is 0 Å². The molecule has 0 aromatic carbocycles. The first kappa shape index (κ1) is 453. The van der Waals surface area contributed by atoms with E-state index in [4.69, 9.17) is 0 Å². The summed E-state index contributed by atoms with van der Waals surface area (Å²) in [5.74, 6) is 0. The second-order valence-electron chi connectivity index (χ2n) is 0. The van der Waals surface area contributed by atoms with Crippen molar-refractivity contribution in [3.8, 4) is 0 Å². The van der Waals surface area contributed by atoms with Crippen LogP contribution in [-0.4, -0.2) is 16.4 Å². The van der Waals surface area contributed by atoms with Crippen molar-refractivity contribution < 1.29 is 63.2 Å². The molecular formula is H9Cl2NiO4-. The van der Waals surface area contributed by atoms with Crippen LogP contribution in [-0.2, 0) is 22.0 Å². The molecule has 0 aromatic rings. The molecule has 0 amide bonds. The van der Waals surface area contributed by atoms with Crippen LogP contribution in [0, 0.1) is 0 Å². The molecule has 0 radical (unpaired) electrons. The molecule has 0 unspecified atom stereocenters. The molecule has 4 nitrogen and oxygen atoms in total. The van der Waals surface area contributed by atoms with Gasteiger partial charge in [0.2, 0.25) is 0 Å². The Bertz CT molecular complexity index is 9.65. The van der Waals surface area contributed by atoms with E-state index in [1.807, 2.05) is 0 Å². The minimum Gasteiger partial charge on any atom is -1.00 e. The van der Waals surface area contributed by atoms with Crippen molar-refractivity contribution in [2.75, 3.05) is 0 Å². The van der Waals surface area contributed by atoms with Crippen LogP contribution in [0.2, 0.25) is 0 Å². The fourth-order valence-electron chi connectivity index (χ4n) is 0. The first-order valence-corrected chi connectivity index (χ1v) is 0. The Morgan fingerprint density at radius 3 is 0.571 bits per heavy atom. The molecule has 0 saturated heterocycles. The zero-order valence-electron chi connectivity index (χ0n) is 3.15. The number of hydrogen-bond acceptors (Lipinski definition) is 0. The van der Waals surface area contributed by atoms with Gasteiger partial charge in [-0.3, -0.25) is 0 Å². The van der Waals surface area contributed by atoms with Crippen LogP contribution in [0.1, 0.15) is 0 Å². The van der Waals surface area contributed by atoms with E-state index < -0.39 is 0 Å². The van der Waals surface area contributed by atoms with Crippen LogP contribution in [0.3, 0.4) is 0 Å². The molecule has 0 heterocycles. The Labute approximate surface area is 63.6 Å². The summed E-state index contributed by atoms with van der Waals surface area (Å²) in [5, 5.41) is 0. The second-order valence-corrected chi connectivity index (χ2v) is 0. The molecule has 0 saturated carbocycles. The van der Waals surface area contributed by atoms with Crippen LogP contribution < -0.4 is 24.8 Å². The molecule has 0 spiro atoms. The Kier molecular flexibility index (Phi) is 18800. The molecule has 0 aromatic heterocycles. The average Bonchev–Trinajstić information content (AvgIpc) is 0. The molecule has 0 fully saturated rings. The Morgan fingerprint density at radius 1 is 0.571 bits per heavy atom. The SMILES string of the molecule is O.O.O.[Cl-].[Cl-].[Ni].[OH3+]. The standard InChI is InChI=1S/2ClH.Ni.4H2O/h2*1H;;4*1H2/p-1. The van der Waals surface area contributed by atoms with E-state index in [1.165, 1.54) is 0 Å². The Balaban J connectivity index is 0.